The lowest BCUT2D eigenvalue weighted by Gasteiger charge is -2.08. The predicted molar refractivity (Wildman–Crippen MR) is 105 cm³/mol. The van der Waals surface area contributed by atoms with Crippen molar-refractivity contribution in [2.24, 2.45) is 0 Å². The molecule has 1 heterocycles. The van der Waals surface area contributed by atoms with Crippen molar-refractivity contribution < 1.29 is 24.2 Å². The summed E-state index contributed by atoms with van der Waals surface area (Å²) in [5, 5.41) is 11.5. The second kappa shape index (κ2) is 9.73. The van der Waals surface area contributed by atoms with Crippen LogP contribution in [-0.2, 0) is 17.8 Å². The van der Waals surface area contributed by atoms with Crippen molar-refractivity contribution in [1.82, 2.24) is 10.3 Å². The van der Waals surface area contributed by atoms with Crippen LogP contribution in [0, 0.1) is 6.92 Å². The summed E-state index contributed by atoms with van der Waals surface area (Å²) in [5.74, 6) is -0.488. The monoisotopic (exact) mass is 386 g/mol. The van der Waals surface area contributed by atoms with Crippen molar-refractivity contribution in [3.63, 3.8) is 0 Å². The summed E-state index contributed by atoms with van der Waals surface area (Å²) in [7, 11) is 0. The number of Topliss-reactive ketones (excluding diaryl/α,β-unsaturated/α-hetero) is 1. The van der Waals surface area contributed by atoms with Crippen LogP contribution in [-0.4, -0.2) is 34.4 Å². The average molecular weight is 386 g/mol. The summed E-state index contributed by atoms with van der Waals surface area (Å²) in [6.45, 7) is 5.90. The van der Waals surface area contributed by atoms with Crippen molar-refractivity contribution in [2.75, 3.05) is 6.61 Å². The fourth-order valence-corrected chi connectivity index (χ4v) is 3.09. The third-order valence-corrected chi connectivity index (χ3v) is 4.40. The second-order valence-corrected chi connectivity index (χ2v) is 6.56. The van der Waals surface area contributed by atoms with E-state index in [2.05, 4.69) is 10.3 Å². The number of aliphatic carboxylic acids is 1. The highest BCUT2D eigenvalue weighted by atomic mass is 16.5. The first kappa shape index (κ1) is 21.2. The van der Waals surface area contributed by atoms with Gasteiger partial charge in [0, 0.05) is 24.2 Å². The number of benzene rings is 1. The molecule has 1 aromatic heterocycles. The van der Waals surface area contributed by atoms with Crippen LogP contribution >= 0.6 is 0 Å². The highest BCUT2D eigenvalue weighted by Gasteiger charge is 2.21. The molecule has 0 spiro atoms. The Morgan fingerprint density at radius 1 is 1.18 bits per heavy atom. The Balaban J connectivity index is 1.93. The van der Waals surface area contributed by atoms with Crippen molar-refractivity contribution in [2.45, 2.75) is 46.6 Å². The van der Waals surface area contributed by atoms with Crippen molar-refractivity contribution in [1.29, 1.82) is 0 Å². The van der Waals surface area contributed by atoms with E-state index in [1.165, 1.54) is 6.92 Å². The number of rotatable bonds is 10. The molecule has 7 heteroatoms. The summed E-state index contributed by atoms with van der Waals surface area (Å²) in [6.07, 6.45) is 1.12. The number of aryl methyl sites for hydroxylation is 1. The minimum atomic E-state index is -0.839. The minimum absolute atomic E-state index is 0.0522. The number of carbonyl (C=O) groups is 3. The van der Waals surface area contributed by atoms with Gasteiger partial charge in [-0.15, -0.1) is 0 Å². The van der Waals surface area contributed by atoms with Crippen LogP contribution in [0.25, 0.3) is 0 Å². The first-order valence-corrected chi connectivity index (χ1v) is 9.27. The number of carbonyl (C=O) groups excluding carboxylic acids is 2. The number of carboxylic acids is 1. The van der Waals surface area contributed by atoms with Gasteiger partial charge in [0.1, 0.15) is 11.4 Å². The van der Waals surface area contributed by atoms with Crippen LogP contribution in [0.5, 0.6) is 5.75 Å². The molecule has 0 fully saturated rings. The fraction of sp³-hybridized carbons (Fsp3) is 0.381. The number of amides is 1. The van der Waals surface area contributed by atoms with Gasteiger partial charge in [-0.2, -0.15) is 0 Å². The molecule has 2 aromatic rings. The number of ether oxygens (including phenoxy) is 1. The van der Waals surface area contributed by atoms with Crippen LogP contribution in [0.4, 0.5) is 0 Å². The van der Waals surface area contributed by atoms with E-state index in [0.29, 0.717) is 48.7 Å². The first-order chi connectivity index (χ1) is 13.3. The summed E-state index contributed by atoms with van der Waals surface area (Å²) >= 11 is 0. The van der Waals surface area contributed by atoms with Crippen LogP contribution in [0.2, 0.25) is 0 Å². The maximum Gasteiger partial charge on any atom is 0.303 e. The Morgan fingerprint density at radius 2 is 1.86 bits per heavy atom. The summed E-state index contributed by atoms with van der Waals surface area (Å²) in [6, 6.07) is 7.25. The third-order valence-electron chi connectivity index (χ3n) is 4.40. The van der Waals surface area contributed by atoms with E-state index < -0.39 is 5.97 Å². The molecule has 3 N–H and O–H groups in total. The second-order valence-electron chi connectivity index (χ2n) is 6.56. The van der Waals surface area contributed by atoms with Crippen LogP contribution in [0.15, 0.2) is 24.3 Å². The van der Waals surface area contributed by atoms with Crippen LogP contribution < -0.4 is 10.1 Å². The van der Waals surface area contributed by atoms with E-state index >= 15 is 0 Å². The predicted octanol–water partition coefficient (Wildman–Crippen LogP) is 3.26. The average Bonchev–Trinajstić information content (AvgIpc) is 3.00. The standard InChI is InChI=1S/C21H26N2O5/c1-4-17-19(14(3)24)13(2)23-20(17)21(27)22-12-15-7-9-16(10-8-15)28-11-5-6-18(25)26/h7-10,23H,4-6,11-12H2,1-3H3,(H,22,27)(H,25,26). The maximum atomic E-state index is 12.6. The van der Waals surface area contributed by atoms with E-state index in [1.807, 2.05) is 19.1 Å². The molecule has 0 atom stereocenters. The molecule has 28 heavy (non-hydrogen) atoms. The number of aromatic amines is 1. The van der Waals surface area contributed by atoms with Gasteiger partial charge < -0.3 is 20.1 Å². The highest BCUT2D eigenvalue weighted by molar-refractivity contribution is 6.02. The Morgan fingerprint density at radius 3 is 2.43 bits per heavy atom. The van der Waals surface area contributed by atoms with Gasteiger partial charge in [-0.3, -0.25) is 14.4 Å². The molecule has 0 saturated heterocycles. The molecule has 0 aliphatic heterocycles. The minimum Gasteiger partial charge on any atom is -0.494 e. The topological polar surface area (TPSA) is 108 Å². The zero-order chi connectivity index (χ0) is 20.7. The number of aromatic nitrogens is 1. The van der Waals surface area contributed by atoms with Gasteiger partial charge in [-0.1, -0.05) is 19.1 Å². The fourth-order valence-electron chi connectivity index (χ4n) is 3.09. The number of H-pyrrole nitrogens is 1. The molecule has 150 valence electrons. The number of carboxylic acid groups (broad SMARTS) is 1. The van der Waals surface area contributed by atoms with E-state index in [4.69, 9.17) is 9.84 Å². The maximum absolute atomic E-state index is 12.6. The summed E-state index contributed by atoms with van der Waals surface area (Å²) in [5.41, 5.74) is 3.38. The van der Waals surface area contributed by atoms with Gasteiger partial charge in [0.25, 0.3) is 5.91 Å². The lowest BCUT2D eigenvalue weighted by molar-refractivity contribution is -0.137. The molecule has 1 amide bonds. The Hall–Kier alpha value is -3.09. The molecular formula is C21H26N2O5. The first-order valence-electron chi connectivity index (χ1n) is 9.27. The van der Waals surface area contributed by atoms with E-state index in [-0.39, 0.29) is 18.1 Å². The molecule has 0 saturated carbocycles. The lowest BCUT2D eigenvalue weighted by Crippen LogP contribution is -2.24. The van der Waals surface area contributed by atoms with Gasteiger partial charge in [-0.05, 0) is 49.9 Å². The molecule has 0 unspecified atom stereocenters. The molecule has 2 rings (SSSR count). The SMILES string of the molecule is CCc1c(C(=O)NCc2ccc(OCCCC(=O)O)cc2)[nH]c(C)c1C(C)=O. The van der Waals surface area contributed by atoms with Crippen molar-refractivity contribution in [3.05, 3.63) is 52.3 Å². The van der Waals surface area contributed by atoms with Crippen LogP contribution in [0.3, 0.4) is 0 Å². The molecule has 0 radical (unpaired) electrons. The zero-order valence-electron chi connectivity index (χ0n) is 16.4. The molecule has 7 nitrogen and oxygen atoms in total. The third kappa shape index (κ3) is 5.45. The zero-order valence-corrected chi connectivity index (χ0v) is 16.4. The molecule has 0 aliphatic rings. The normalized spacial score (nSPS) is 10.5. The number of ketones is 1. The van der Waals surface area contributed by atoms with Crippen molar-refractivity contribution in [3.8, 4) is 5.75 Å². The van der Waals surface area contributed by atoms with E-state index in [1.54, 1.807) is 19.1 Å². The number of hydrogen-bond donors (Lipinski definition) is 3. The van der Waals surface area contributed by atoms with Gasteiger partial charge in [-0.25, -0.2) is 0 Å². The Bertz CT molecular complexity index is 852. The Labute approximate surface area is 164 Å². The van der Waals surface area contributed by atoms with Crippen LogP contribution in [0.1, 0.15) is 64.4 Å². The number of nitrogens with one attached hydrogen (secondary N) is 2. The van der Waals surface area contributed by atoms with Crippen molar-refractivity contribution >= 4 is 17.7 Å². The number of hydrogen-bond acceptors (Lipinski definition) is 4. The quantitative estimate of drug-likeness (QED) is 0.429. The highest BCUT2D eigenvalue weighted by Crippen LogP contribution is 2.20. The summed E-state index contributed by atoms with van der Waals surface area (Å²) in [4.78, 5) is 37.9. The lowest BCUT2D eigenvalue weighted by atomic mass is 10.0. The molecular weight excluding hydrogens is 360 g/mol. The smallest absolute Gasteiger partial charge is 0.303 e. The van der Waals surface area contributed by atoms with Gasteiger partial charge >= 0.3 is 5.97 Å². The van der Waals surface area contributed by atoms with E-state index in [9.17, 15) is 14.4 Å². The van der Waals surface area contributed by atoms with E-state index in [0.717, 1.165) is 11.1 Å². The Kier molecular flexibility index (Phi) is 7.37. The largest absolute Gasteiger partial charge is 0.494 e. The molecule has 1 aromatic carbocycles. The van der Waals surface area contributed by atoms with Gasteiger partial charge in [0.05, 0.1) is 6.61 Å². The van der Waals surface area contributed by atoms with Gasteiger partial charge in [0.15, 0.2) is 5.78 Å². The molecule has 0 aliphatic carbocycles. The van der Waals surface area contributed by atoms with Gasteiger partial charge in [0.2, 0.25) is 0 Å². The summed E-state index contributed by atoms with van der Waals surface area (Å²) < 4.78 is 5.49. The molecule has 0 bridgehead atoms.